The zero-order chi connectivity index (χ0) is 25.3. The van der Waals surface area contributed by atoms with Gasteiger partial charge in [-0.2, -0.15) is 0 Å². The van der Waals surface area contributed by atoms with Crippen molar-refractivity contribution in [3.63, 3.8) is 0 Å². The second-order valence-corrected chi connectivity index (χ2v) is 9.63. The van der Waals surface area contributed by atoms with Crippen LogP contribution in [0, 0.1) is 5.82 Å². The molecule has 0 radical (unpaired) electrons. The van der Waals surface area contributed by atoms with E-state index in [1.165, 1.54) is 84.0 Å². The van der Waals surface area contributed by atoms with Crippen LogP contribution in [0.25, 0.3) is 11.0 Å². The zero-order valence-corrected chi connectivity index (χ0v) is 19.9. The molecule has 0 unspecified atom stereocenters. The molecule has 0 spiro atoms. The van der Waals surface area contributed by atoms with Gasteiger partial charge in [-0.1, -0.05) is 0 Å². The van der Waals surface area contributed by atoms with Crippen molar-refractivity contribution < 1.29 is 27.1 Å². The maximum absolute atomic E-state index is 13.5. The number of fused-ring (bicyclic) bond motifs is 1. The molecule has 11 heteroatoms. The standard InChI is InChI=1S/C24H22FN3O6S/c1-27-20-12-19(26-23(29)14-34-17-6-4-15(25)5-7-17)22(13-21(20)28(2)24(27)30)35(31,32)18-10-8-16(33-3)9-11-18/h4-13H,14H2,1-3H3,(H,26,29). The molecule has 0 fully saturated rings. The van der Waals surface area contributed by atoms with Crippen LogP contribution >= 0.6 is 0 Å². The Bertz CT molecular complexity index is 1570. The fourth-order valence-corrected chi connectivity index (χ4v) is 5.01. The molecule has 9 nitrogen and oxygen atoms in total. The van der Waals surface area contributed by atoms with Crippen LogP contribution < -0.4 is 20.5 Å². The molecule has 0 aliphatic heterocycles. The van der Waals surface area contributed by atoms with Crippen LogP contribution in [0.15, 0.2) is 75.2 Å². The summed E-state index contributed by atoms with van der Waals surface area (Å²) in [5.41, 5.74) is 0.448. The third-order valence-electron chi connectivity index (χ3n) is 5.49. The lowest BCUT2D eigenvalue weighted by Crippen LogP contribution is -2.21. The summed E-state index contributed by atoms with van der Waals surface area (Å²) >= 11 is 0. The fraction of sp³-hybridized carbons (Fsp3) is 0.167. The van der Waals surface area contributed by atoms with Crippen LogP contribution in [0.2, 0.25) is 0 Å². The Morgan fingerprint density at radius 3 is 2.11 bits per heavy atom. The summed E-state index contributed by atoms with van der Waals surface area (Å²) in [5.74, 6) is -0.331. The van der Waals surface area contributed by atoms with Crippen LogP contribution in [0.4, 0.5) is 10.1 Å². The van der Waals surface area contributed by atoms with Gasteiger partial charge in [-0.05, 0) is 60.7 Å². The molecule has 1 amide bonds. The quantitative estimate of drug-likeness (QED) is 0.419. The number of amides is 1. The van der Waals surface area contributed by atoms with Crippen molar-refractivity contribution in [2.24, 2.45) is 14.1 Å². The molecule has 0 saturated heterocycles. The number of benzene rings is 3. The highest BCUT2D eigenvalue weighted by Crippen LogP contribution is 2.32. The van der Waals surface area contributed by atoms with Crippen molar-refractivity contribution in [1.29, 1.82) is 0 Å². The average Bonchev–Trinajstić information content (AvgIpc) is 3.06. The van der Waals surface area contributed by atoms with E-state index < -0.39 is 28.2 Å². The van der Waals surface area contributed by atoms with E-state index in [1.807, 2.05) is 0 Å². The Labute approximate surface area is 200 Å². The molecular weight excluding hydrogens is 477 g/mol. The third kappa shape index (κ3) is 4.62. The summed E-state index contributed by atoms with van der Waals surface area (Å²) in [7, 11) is 0.444. The number of aryl methyl sites for hydroxylation is 2. The Hall–Kier alpha value is -4.12. The van der Waals surface area contributed by atoms with E-state index in [9.17, 15) is 22.4 Å². The fourth-order valence-electron chi connectivity index (χ4n) is 3.59. The molecule has 0 aliphatic rings. The van der Waals surface area contributed by atoms with Gasteiger partial charge in [0.2, 0.25) is 9.84 Å². The van der Waals surface area contributed by atoms with Gasteiger partial charge in [-0.3, -0.25) is 13.9 Å². The summed E-state index contributed by atoms with van der Waals surface area (Å²) in [5, 5.41) is 2.57. The van der Waals surface area contributed by atoms with Gasteiger partial charge in [-0.25, -0.2) is 17.6 Å². The molecular formula is C24H22FN3O6S. The molecule has 182 valence electrons. The largest absolute Gasteiger partial charge is 0.497 e. The Morgan fingerprint density at radius 2 is 1.51 bits per heavy atom. The maximum Gasteiger partial charge on any atom is 0.328 e. The van der Waals surface area contributed by atoms with Crippen LogP contribution in [-0.2, 0) is 28.7 Å². The number of ether oxygens (including phenoxy) is 2. The first kappa shape index (κ1) is 24.0. The van der Waals surface area contributed by atoms with E-state index in [-0.39, 0.29) is 26.9 Å². The molecule has 0 bridgehead atoms. The highest BCUT2D eigenvalue weighted by molar-refractivity contribution is 7.91. The number of imidazole rings is 1. The number of sulfone groups is 1. The molecule has 1 heterocycles. The number of aromatic nitrogens is 2. The minimum atomic E-state index is -4.10. The number of nitrogens with one attached hydrogen (secondary N) is 1. The first-order valence-electron chi connectivity index (χ1n) is 10.4. The molecule has 4 aromatic rings. The molecule has 4 rings (SSSR count). The number of halogens is 1. The van der Waals surface area contributed by atoms with Crippen LogP contribution in [0.1, 0.15) is 0 Å². The first-order valence-corrected chi connectivity index (χ1v) is 11.9. The zero-order valence-electron chi connectivity index (χ0n) is 19.1. The van der Waals surface area contributed by atoms with Crippen molar-refractivity contribution in [3.8, 4) is 11.5 Å². The van der Waals surface area contributed by atoms with Gasteiger partial charge in [0.25, 0.3) is 5.91 Å². The van der Waals surface area contributed by atoms with Crippen molar-refractivity contribution in [2.45, 2.75) is 9.79 Å². The number of anilines is 1. The molecule has 0 saturated carbocycles. The van der Waals surface area contributed by atoms with Crippen LogP contribution in [0.3, 0.4) is 0 Å². The third-order valence-corrected chi connectivity index (χ3v) is 7.30. The number of rotatable bonds is 7. The first-order chi connectivity index (χ1) is 16.6. The lowest BCUT2D eigenvalue weighted by Gasteiger charge is -2.14. The number of carbonyl (C=O) groups excluding carboxylic acids is 1. The number of hydrogen-bond acceptors (Lipinski definition) is 6. The number of hydrogen-bond donors (Lipinski definition) is 1. The van der Waals surface area contributed by atoms with Crippen LogP contribution in [-0.4, -0.2) is 37.2 Å². The van der Waals surface area contributed by atoms with Gasteiger partial charge in [0.1, 0.15) is 17.3 Å². The van der Waals surface area contributed by atoms with E-state index in [2.05, 4.69) is 5.32 Å². The van der Waals surface area contributed by atoms with E-state index in [4.69, 9.17) is 9.47 Å². The van der Waals surface area contributed by atoms with Gasteiger partial charge < -0.3 is 14.8 Å². The summed E-state index contributed by atoms with van der Waals surface area (Å²) < 4.78 is 53.3. The van der Waals surface area contributed by atoms with E-state index in [0.29, 0.717) is 16.8 Å². The highest BCUT2D eigenvalue weighted by Gasteiger charge is 2.25. The van der Waals surface area contributed by atoms with Gasteiger partial charge in [0, 0.05) is 14.1 Å². The molecule has 0 atom stereocenters. The van der Waals surface area contributed by atoms with Gasteiger partial charge >= 0.3 is 5.69 Å². The van der Waals surface area contributed by atoms with Gasteiger partial charge in [0.05, 0.1) is 33.6 Å². The Balaban J connectivity index is 1.74. The second kappa shape index (κ2) is 9.26. The SMILES string of the molecule is COc1ccc(S(=O)(=O)c2cc3c(cc2NC(=O)COc2ccc(F)cc2)n(C)c(=O)n3C)cc1. The number of nitrogens with zero attached hydrogens (tertiary/aromatic N) is 2. The van der Waals surface area contributed by atoms with E-state index in [1.54, 1.807) is 7.05 Å². The Morgan fingerprint density at radius 1 is 0.943 bits per heavy atom. The monoisotopic (exact) mass is 499 g/mol. The van der Waals surface area contributed by atoms with Gasteiger partial charge in [-0.15, -0.1) is 0 Å². The van der Waals surface area contributed by atoms with Crippen molar-refractivity contribution >= 4 is 32.5 Å². The molecule has 3 aromatic carbocycles. The minimum Gasteiger partial charge on any atom is -0.497 e. The smallest absolute Gasteiger partial charge is 0.328 e. The maximum atomic E-state index is 13.5. The predicted octanol–water partition coefficient (Wildman–Crippen LogP) is 2.88. The normalized spacial score (nSPS) is 11.4. The lowest BCUT2D eigenvalue weighted by atomic mass is 10.2. The van der Waals surface area contributed by atoms with Gasteiger partial charge in [0.15, 0.2) is 6.61 Å². The number of carbonyl (C=O) groups is 1. The molecule has 0 aliphatic carbocycles. The molecule has 1 aromatic heterocycles. The second-order valence-electron chi connectivity index (χ2n) is 7.71. The van der Waals surface area contributed by atoms with Crippen molar-refractivity contribution in [3.05, 3.63) is 77.0 Å². The number of methoxy groups -OCH3 is 1. The minimum absolute atomic E-state index is 0.0118. The van der Waals surface area contributed by atoms with Crippen molar-refractivity contribution in [2.75, 3.05) is 19.0 Å². The summed E-state index contributed by atoms with van der Waals surface area (Å²) in [6.07, 6.45) is 0. The summed E-state index contributed by atoms with van der Waals surface area (Å²) in [6.45, 7) is -0.445. The highest BCUT2D eigenvalue weighted by atomic mass is 32.2. The summed E-state index contributed by atoms with van der Waals surface area (Å²) in [4.78, 5) is 24.9. The summed E-state index contributed by atoms with van der Waals surface area (Å²) in [6, 6.07) is 13.7. The predicted molar refractivity (Wildman–Crippen MR) is 127 cm³/mol. The molecule has 1 N–H and O–H groups in total. The van der Waals surface area contributed by atoms with E-state index >= 15 is 0 Å². The Kier molecular flexibility index (Phi) is 6.35. The topological polar surface area (TPSA) is 109 Å². The van der Waals surface area contributed by atoms with E-state index in [0.717, 1.165) is 0 Å². The molecule has 35 heavy (non-hydrogen) atoms. The van der Waals surface area contributed by atoms with Crippen molar-refractivity contribution in [1.82, 2.24) is 9.13 Å². The lowest BCUT2D eigenvalue weighted by molar-refractivity contribution is -0.118. The average molecular weight is 500 g/mol. The van der Waals surface area contributed by atoms with Crippen LogP contribution in [0.5, 0.6) is 11.5 Å².